The highest BCUT2D eigenvalue weighted by Gasteiger charge is 2.39. The zero-order valence-corrected chi connectivity index (χ0v) is 12.4. The van der Waals surface area contributed by atoms with Crippen LogP contribution in [-0.4, -0.2) is 25.5 Å². The number of nitrogens with one attached hydrogen (secondary N) is 1. The van der Waals surface area contributed by atoms with E-state index in [0.29, 0.717) is 23.8 Å². The van der Waals surface area contributed by atoms with Crippen LogP contribution in [0.15, 0.2) is 18.2 Å². The number of amides is 2. The van der Waals surface area contributed by atoms with Crippen LogP contribution in [0.1, 0.15) is 26.2 Å². The molecule has 2 aliphatic rings. The van der Waals surface area contributed by atoms with Gasteiger partial charge in [0.25, 0.3) is 0 Å². The van der Waals surface area contributed by atoms with E-state index in [4.69, 9.17) is 4.74 Å². The van der Waals surface area contributed by atoms with Crippen LogP contribution in [0.25, 0.3) is 0 Å². The first-order valence-electron chi connectivity index (χ1n) is 7.39. The van der Waals surface area contributed by atoms with E-state index in [1.54, 1.807) is 18.1 Å². The smallest absolute Gasteiger partial charge is 0.227 e. The van der Waals surface area contributed by atoms with Crippen molar-refractivity contribution >= 4 is 23.2 Å². The molecule has 1 aromatic rings. The first kappa shape index (κ1) is 13.9. The van der Waals surface area contributed by atoms with Gasteiger partial charge in [0.2, 0.25) is 11.8 Å². The Labute approximate surface area is 124 Å². The molecule has 21 heavy (non-hydrogen) atoms. The van der Waals surface area contributed by atoms with Crippen LogP contribution < -0.4 is 15.0 Å². The number of benzene rings is 1. The molecule has 3 rings (SSSR count). The maximum absolute atomic E-state index is 12.0. The van der Waals surface area contributed by atoms with Gasteiger partial charge in [-0.25, -0.2) is 0 Å². The predicted molar refractivity (Wildman–Crippen MR) is 80.5 cm³/mol. The Balaban J connectivity index is 1.78. The normalized spacial score (nSPS) is 24.1. The number of carbonyl (C=O) groups excluding carboxylic acids is 2. The maximum atomic E-state index is 12.0. The third-order valence-corrected chi connectivity index (χ3v) is 4.26. The highest BCUT2D eigenvalue weighted by Crippen LogP contribution is 2.39. The number of ether oxygens (including phenoxy) is 1. The highest BCUT2D eigenvalue weighted by atomic mass is 16.5. The van der Waals surface area contributed by atoms with Crippen LogP contribution in [-0.2, 0) is 9.59 Å². The van der Waals surface area contributed by atoms with Gasteiger partial charge < -0.3 is 15.0 Å². The largest absolute Gasteiger partial charge is 0.494 e. The topological polar surface area (TPSA) is 58.6 Å². The molecule has 1 N–H and O–H groups in total. The summed E-state index contributed by atoms with van der Waals surface area (Å²) < 4.78 is 5.38. The summed E-state index contributed by atoms with van der Waals surface area (Å²) in [5.41, 5.74) is 1.49. The van der Waals surface area contributed by atoms with Gasteiger partial charge in [-0.15, -0.1) is 0 Å². The molecule has 2 atom stereocenters. The number of hydrogen-bond donors (Lipinski definition) is 1. The lowest BCUT2D eigenvalue weighted by Gasteiger charge is -2.19. The van der Waals surface area contributed by atoms with Crippen molar-refractivity contribution in [3.8, 4) is 5.75 Å². The van der Waals surface area contributed by atoms with Gasteiger partial charge in [-0.2, -0.15) is 0 Å². The van der Waals surface area contributed by atoms with Crippen LogP contribution >= 0.6 is 0 Å². The summed E-state index contributed by atoms with van der Waals surface area (Å²) in [6.07, 6.45) is 2.42. The van der Waals surface area contributed by atoms with Gasteiger partial charge in [0, 0.05) is 30.6 Å². The van der Waals surface area contributed by atoms with Crippen molar-refractivity contribution in [2.45, 2.75) is 26.2 Å². The van der Waals surface area contributed by atoms with Gasteiger partial charge >= 0.3 is 0 Å². The summed E-state index contributed by atoms with van der Waals surface area (Å²) in [6, 6.07) is 5.45. The molecule has 1 aliphatic heterocycles. The van der Waals surface area contributed by atoms with Crippen molar-refractivity contribution < 1.29 is 14.3 Å². The van der Waals surface area contributed by atoms with Gasteiger partial charge in [-0.05, 0) is 30.9 Å². The SMILES string of the molecule is COc1cc(NC(=O)[C@H]2C[C@H]2C)ccc1N1CCCC1=O. The molecule has 5 nitrogen and oxygen atoms in total. The van der Waals surface area contributed by atoms with Crippen molar-refractivity contribution in [1.29, 1.82) is 0 Å². The molecule has 1 heterocycles. The number of methoxy groups -OCH3 is 1. The molecule has 0 bridgehead atoms. The zero-order chi connectivity index (χ0) is 15.0. The molecule has 0 unspecified atom stereocenters. The van der Waals surface area contributed by atoms with Gasteiger partial charge in [0.05, 0.1) is 12.8 Å². The Hall–Kier alpha value is -2.04. The van der Waals surface area contributed by atoms with Crippen molar-refractivity contribution in [3.05, 3.63) is 18.2 Å². The van der Waals surface area contributed by atoms with Crippen LogP contribution in [0.5, 0.6) is 5.75 Å². The fraction of sp³-hybridized carbons (Fsp3) is 0.500. The van der Waals surface area contributed by atoms with E-state index >= 15 is 0 Å². The maximum Gasteiger partial charge on any atom is 0.227 e. The predicted octanol–water partition coefficient (Wildman–Crippen LogP) is 2.42. The summed E-state index contributed by atoms with van der Waals surface area (Å²) in [7, 11) is 1.58. The molecule has 112 valence electrons. The molecule has 0 aromatic heterocycles. The Morgan fingerprint density at radius 2 is 2.19 bits per heavy atom. The van der Waals surface area contributed by atoms with Crippen molar-refractivity contribution in [3.63, 3.8) is 0 Å². The second-order valence-electron chi connectivity index (χ2n) is 5.84. The quantitative estimate of drug-likeness (QED) is 0.925. The molecule has 2 amide bonds. The summed E-state index contributed by atoms with van der Waals surface area (Å²) in [5.74, 6) is 1.42. The third-order valence-electron chi connectivity index (χ3n) is 4.26. The van der Waals surface area contributed by atoms with Gasteiger partial charge in [-0.1, -0.05) is 6.92 Å². The summed E-state index contributed by atoms with van der Waals surface area (Å²) in [5, 5.41) is 2.92. The number of hydrogen-bond acceptors (Lipinski definition) is 3. The Bertz CT molecular complexity index is 585. The molecule has 0 spiro atoms. The fourth-order valence-corrected chi connectivity index (χ4v) is 2.80. The molecule has 1 aliphatic carbocycles. The molecular formula is C16H20N2O3. The lowest BCUT2D eigenvalue weighted by molar-refractivity contribution is -0.118. The van der Waals surface area contributed by atoms with E-state index in [2.05, 4.69) is 12.2 Å². The Morgan fingerprint density at radius 1 is 1.43 bits per heavy atom. The average Bonchev–Trinajstić information content (AvgIpc) is 3.06. The molecule has 2 fully saturated rings. The minimum Gasteiger partial charge on any atom is -0.494 e. The molecule has 1 aromatic carbocycles. The van der Waals surface area contributed by atoms with Crippen molar-refractivity contribution in [2.24, 2.45) is 11.8 Å². The molecule has 1 saturated heterocycles. The minimum absolute atomic E-state index is 0.0644. The van der Waals surface area contributed by atoms with Crippen LogP contribution in [0.2, 0.25) is 0 Å². The second-order valence-corrected chi connectivity index (χ2v) is 5.84. The first-order chi connectivity index (χ1) is 10.1. The summed E-state index contributed by atoms with van der Waals surface area (Å²) in [4.78, 5) is 25.5. The molecule has 1 saturated carbocycles. The average molecular weight is 288 g/mol. The Morgan fingerprint density at radius 3 is 2.76 bits per heavy atom. The fourth-order valence-electron chi connectivity index (χ4n) is 2.80. The van der Waals surface area contributed by atoms with Crippen LogP contribution in [0.3, 0.4) is 0 Å². The standard InChI is InChI=1S/C16H20N2O3/c1-10-8-12(10)16(20)17-11-5-6-13(14(9-11)21-2)18-7-3-4-15(18)19/h5-6,9-10,12H,3-4,7-8H2,1-2H3,(H,17,20)/t10-,12+/m1/s1. The number of carbonyl (C=O) groups is 2. The zero-order valence-electron chi connectivity index (χ0n) is 12.4. The first-order valence-corrected chi connectivity index (χ1v) is 7.39. The van der Waals surface area contributed by atoms with E-state index in [-0.39, 0.29) is 17.7 Å². The molecular weight excluding hydrogens is 268 g/mol. The second kappa shape index (κ2) is 5.39. The van der Waals surface area contributed by atoms with Crippen LogP contribution in [0, 0.1) is 11.8 Å². The third kappa shape index (κ3) is 2.73. The highest BCUT2D eigenvalue weighted by molar-refractivity contribution is 5.98. The van der Waals surface area contributed by atoms with E-state index in [1.807, 2.05) is 12.1 Å². The van der Waals surface area contributed by atoms with Gasteiger partial charge in [0.15, 0.2) is 0 Å². The van der Waals surface area contributed by atoms with Gasteiger partial charge in [0.1, 0.15) is 5.75 Å². The summed E-state index contributed by atoms with van der Waals surface area (Å²) in [6.45, 7) is 2.80. The van der Waals surface area contributed by atoms with E-state index in [1.165, 1.54) is 0 Å². The molecule has 0 radical (unpaired) electrons. The minimum atomic E-state index is 0.0644. The Kier molecular flexibility index (Phi) is 3.57. The lowest BCUT2D eigenvalue weighted by atomic mass is 10.2. The monoisotopic (exact) mass is 288 g/mol. The lowest BCUT2D eigenvalue weighted by Crippen LogP contribution is -2.24. The van der Waals surface area contributed by atoms with Crippen molar-refractivity contribution in [1.82, 2.24) is 0 Å². The van der Waals surface area contributed by atoms with E-state index < -0.39 is 0 Å². The van der Waals surface area contributed by atoms with Crippen molar-refractivity contribution in [2.75, 3.05) is 23.9 Å². The number of anilines is 2. The van der Waals surface area contributed by atoms with Gasteiger partial charge in [-0.3, -0.25) is 9.59 Å². The molecule has 5 heteroatoms. The number of nitrogens with zero attached hydrogens (tertiary/aromatic N) is 1. The van der Waals surface area contributed by atoms with Crippen LogP contribution in [0.4, 0.5) is 11.4 Å². The summed E-state index contributed by atoms with van der Waals surface area (Å²) >= 11 is 0. The van der Waals surface area contributed by atoms with E-state index in [0.717, 1.165) is 25.1 Å². The number of rotatable bonds is 4. The van der Waals surface area contributed by atoms with E-state index in [9.17, 15) is 9.59 Å².